The Morgan fingerprint density at radius 3 is 2.33 bits per heavy atom. The number of methoxy groups -OCH3 is 1. The van der Waals surface area contributed by atoms with Crippen LogP contribution in [0.25, 0.3) is 0 Å². The second kappa shape index (κ2) is 10.4. The fourth-order valence-corrected chi connectivity index (χ4v) is 5.49. The summed E-state index contributed by atoms with van der Waals surface area (Å²) in [5, 5.41) is 1.61. The molecule has 0 spiro atoms. The van der Waals surface area contributed by atoms with E-state index in [0.717, 1.165) is 11.4 Å². The number of amides is 2. The number of Topliss-reactive ketones (excluding diaryl/α,β-unsaturated/α-hetero) is 1. The first-order chi connectivity index (χ1) is 17.4. The molecule has 36 heavy (non-hydrogen) atoms. The van der Waals surface area contributed by atoms with Gasteiger partial charge in [-0.2, -0.15) is 0 Å². The molecule has 190 valence electrons. The number of rotatable bonds is 6. The van der Waals surface area contributed by atoms with Crippen molar-refractivity contribution in [2.75, 3.05) is 65.0 Å². The van der Waals surface area contributed by atoms with E-state index in [1.54, 1.807) is 36.4 Å². The maximum absolute atomic E-state index is 13.6. The lowest BCUT2D eigenvalue weighted by Crippen LogP contribution is -2.59. The molecule has 0 saturated carbocycles. The van der Waals surface area contributed by atoms with Crippen molar-refractivity contribution in [1.29, 1.82) is 0 Å². The molecular weight excluding hydrogens is 458 g/mol. The van der Waals surface area contributed by atoms with Gasteiger partial charge in [0.05, 0.1) is 37.2 Å². The highest BCUT2D eigenvalue weighted by Gasteiger charge is 2.51. The van der Waals surface area contributed by atoms with Crippen molar-refractivity contribution < 1.29 is 19.1 Å². The van der Waals surface area contributed by atoms with Gasteiger partial charge in [-0.3, -0.25) is 19.3 Å². The third-order valence-corrected chi connectivity index (χ3v) is 7.49. The number of piperidine rings is 1. The summed E-state index contributed by atoms with van der Waals surface area (Å²) in [5.41, 5.74) is 4.81. The molecule has 3 fully saturated rings. The SMILES string of the molecule is COc1ccc(C(=O)CN2CCN(C(=O)C3CN(C)CC4C(=O)N(c5ccccc5)NC34)CC2)cc1. The summed E-state index contributed by atoms with van der Waals surface area (Å²) < 4.78 is 5.16. The first-order valence-corrected chi connectivity index (χ1v) is 12.5. The Morgan fingerprint density at radius 2 is 1.67 bits per heavy atom. The lowest BCUT2D eigenvalue weighted by atomic mass is 9.84. The number of hydrogen-bond donors (Lipinski definition) is 1. The zero-order chi connectivity index (χ0) is 25.2. The minimum Gasteiger partial charge on any atom is -0.497 e. The molecule has 0 aromatic heterocycles. The van der Waals surface area contributed by atoms with Crippen LogP contribution in [0.2, 0.25) is 0 Å². The lowest BCUT2D eigenvalue weighted by molar-refractivity contribution is -0.141. The molecule has 2 aromatic rings. The number of benzene rings is 2. The van der Waals surface area contributed by atoms with Crippen LogP contribution in [0.4, 0.5) is 5.69 Å². The summed E-state index contributed by atoms with van der Waals surface area (Å²) in [7, 11) is 3.57. The number of hydrogen-bond acceptors (Lipinski definition) is 7. The summed E-state index contributed by atoms with van der Waals surface area (Å²) in [6, 6.07) is 16.4. The van der Waals surface area contributed by atoms with E-state index < -0.39 is 0 Å². The van der Waals surface area contributed by atoms with Gasteiger partial charge in [-0.1, -0.05) is 18.2 Å². The van der Waals surface area contributed by atoms with Crippen molar-refractivity contribution >= 4 is 23.3 Å². The van der Waals surface area contributed by atoms with Crippen LogP contribution in [0.3, 0.4) is 0 Å². The molecule has 0 bridgehead atoms. The normalized spacial score (nSPS) is 25.1. The topological polar surface area (TPSA) is 85.4 Å². The maximum atomic E-state index is 13.6. The van der Waals surface area contributed by atoms with E-state index in [1.807, 2.05) is 42.3 Å². The molecule has 9 heteroatoms. The van der Waals surface area contributed by atoms with Gasteiger partial charge in [0.25, 0.3) is 0 Å². The van der Waals surface area contributed by atoms with Crippen LogP contribution in [0.1, 0.15) is 10.4 Å². The van der Waals surface area contributed by atoms with Crippen molar-refractivity contribution in [2.45, 2.75) is 6.04 Å². The Labute approximate surface area is 211 Å². The standard InChI is InChI=1S/C27H33N5O4/c1-29-16-22(25-23(17-29)27(35)32(28-25)20-6-4-3-5-7-20)26(34)31-14-12-30(13-15-31)18-24(33)19-8-10-21(36-2)11-9-19/h3-11,22-23,25,28H,12-18H2,1-2H3. The fourth-order valence-electron chi connectivity index (χ4n) is 5.49. The van der Waals surface area contributed by atoms with Gasteiger partial charge in [0.2, 0.25) is 11.8 Å². The number of nitrogens with zero attached hydrogens (tertiary/aromatic N) is 4. The number of hydrazine groups is 1. The zero-order valence-corrected chi connectivity index (χ0v) is 20.8. The highest BCUT2D eigenvalue weighted by atomic mass is 16.5. The van der Waals surface area contributed by atoms with Crippen molar-refractivity contribution in [3.63, 3.8) is 0 Å². The summed E-state index contributed by atoms with van der Waals surface area (Å²) in [6.07, 6.45) is 0. The van der Waals surface area contributed by atoms with Gasteiger partial charge in [-0.05, 0) is 43.4 Å². The number of piperazine rings is 1. The third kappa shape index (κ3) is 4.86. The summed E-state index contributed by atoms with van der Waals surface area (Å²) in [4.78, 5) is 45.6. The molecule has 0 aliphatic carbocycles. The van der Waals surface area contributed by atoms with Crippen LogP contribution in [-0.4, -0.2) is 98.3 Å². The van der Waals surface area contributed by atoms with Gasteiger partial charge in [0.1, 0.15) is 5.75 Å². The average molecular weight is 492 g/mol. The van der Waals surface area contributed by atoms with E-state index >= 15 is 0 Å². The number of carbonyl (C=O) groups excluding carboxylic acids is 3. The Kier molecular flexibility index (Phi) is 7.04. The number of nitrogens with one attached hydrogen (secondary N) is 1. The molecule has 0 radical (unpaired) electrons. The quantitative estimate of drug-likeness (QED) is 0.606. The van der Waals surface area contributed by atoms with Crippen LogP contribution in [0.5, 0.6) is 5.75 Å². The van der Waals surface area contributed by atoms with Crippen molar-refractivity contribution in [2.24, 2.45) is 11.8 Å². The molecule has 3 atom stereocenters. The van der Waals surface area contributed by atoms with Gasteiger partial charge >= 0.3 is 0 Å². The summed E-state index contributed by atoms with van der Waals surface area (Å²) in [6.45, 7) is 4.00. The van der Waals surface area contributed by atoms with E-state index in [9.17, 15) is 14.4 Å². The van der Waals surface area contributed by atoms with E-state index in [-0.39, 0.29) is 35.5 Å². The average Bonchev–Trinajstić information content (AvgIpc) is 3.24. The van der Waals surface area contributed by atoms with Crippen LogP contribution in [0, 0.1) is 11.8 Å². The first kappa shape index (κ1) is 24.4. The van der Waals surface area contributed by atoms with E-state index in [2.05, 4.69) is 15.2 Å². The molecule has 3 aliphatic heterocycles. The van der Waals surface area contributed by atoms with Gasteiger partial charge in [-0.15, -0.1) is 0 Å². The van der Waals surface area contributed by atoms with Crippen LogP contribution in [-0.2, 0) is 9.59 Å². The van der Waals surface area contributed by atoms with Crippen LogP contribution in [0.15, 0.2) is 54.6 Å². The highest BCUT2D eigenvalue weighted by Crippen LogP contribution is 2.32. The highest BCUT2D eigenvalue weighted by molar-refractivity contribution is 5.98. The molecule has 2 aromatic carbocycles. The van der Waals surface area contributed by atoms with Crippen molar-refractivity contribution in [3.05, 3.63) is 60.2 Å². The minimum absolute atomic E-state index is 0.0115. The molecule has 3 aliphatic rings. The van der Waals surface area contributed by atoms with Crippen LogP contribution < -0.4 is 15.2 Å². The third-order valence-electron chi connectivity index (χ3n) is 7.49. The number of carbonyl (C=O) groups is 3. The predicted octanol–water partition coefficient (Wildman–Crippen LogP) is 1.12. The van der Waals surface area contributed by atoms with E-state index in [1.165, 1.54) is 0 Å². The number of anilines is 1. The van der Waals surface area contributed by atoms with Crippen molar-refractivity contribution in [1.82, 2.24) is 20.1 Å². The minimum atomic E-state index is -0.307. The number of fused-ring (bicyclic) bond motifs is 1. The van der Waals surface area contributed by atoms with Gasteiger partial charge < -0.3 is 14.5 Å². The zero-order valence-electron chi connectivity index (χ0n) is 20.8. The second-order valence-corrected chi connectivity index (χ2v) is 9.85. The Morgan fingerprint density at radius 1 is 0.972 bits per heavy atom. The Hall–Kier alpha value is -3.27. The monoisotopic (exact) mass is 491 g/mol. The van der Waals surface area contributed by atoms with Gasteiger partial charge in [0, 0.05) is 44.8 Å². The number of para-hydroxylation sites is 1. The molecule has 3 heterocycles. The molecule has 3 saturated heterocycles. The second-order valence-electron chi connectivity index (χ2n) is 9.85. The smallest absolute Gasteiger partial charge is 0.247 e. The maximum Gasteiger partial charge on any atom is 0.247 e. The molecule has 5 rings (SSSR count). The molecule has 9 nitrogen and oxygen atoms in total. The lowest BCUT2D eigenvalue weighted by Gasteiger charge is -2.41. The fraction of sp³-hybridized carbons (Fsp3) is 0.444. The van der Waals surface area contributed by atoms with E-state index in [4.69, 9.17) is 4.74 Å². The first-order valence-electron chi connectivity index (χ1n) is 12.5. The molecule has 3 unspecified atom stereocenters. The molecule has 2 amide bonds. The summed E-state index contributed by atoms with van der Waals surface area (Å²) in [5.74, 6) is 0.300. The number of likely N-dealkylation sites (tertiary alicyclic amines) is 1. The van der Waals surface area contributed by atoms with Gasteiger partial charge in [-0.25, -0.2) is 10.4 Å². The number of ether oxygens (including phenoxy) is 1. The number of ketones is 1. The van der Waals surface area contributed by atoms with Crippen LogP contribution >= 0.6 is 0 Å². The largest absolute Gasteiger partial charge is 0.497 e. The Balaban J connectivity index is 1.20. The van der Waals surface area contributed by atoms with Gasteiger partial charge in [0.15, 0.2) is 5.78 Å². The molecule has 1 N–H and O–H groups in total. The summed E-state index contributed by atoms with van der Waals surface area (Å²) >= 11 is 0. The Bertz CT molecular complexity index is 1100. The molecular formula is C27H33N5O4. The predicted molar refractivity (Wildman–Crippen MR) is 136 cm³/mol. The van der Waals surface area contributed by atoms with Crippen molar-refractivity contribution in [3.8, 4) is 5.75 Å². The van der Waals surface area contributed by atoms with E-state index in [0.29, 0.717) is 51.4 Å².